The van der Waals surface area contributed by atoms with Crippen molar-refractivity contribution in [1.29, 1.82) is 0 Å². The van der Waals surface area contributed by atoms with Crippen LogP contribution in [0.1, 0.15) is 44.3 Å². The van der Waals surface area contributed by atoms with E-state index in [1.54, 1.807) is 18.2 Å². The Bertz CT molecular complexity index is 1360. The second-order valence-corrected chi connectivity index (χ2v) is 8.44. The highest BCUT2D eigenvalue weighted by Gasteiger charge is 2.29. The third-order valence-corrected chi connectivity index (χ3v) is 6.14. The largest absolute Gasteiger partial charge is 0.489 e. The summed E-state index contributed by atoms with van der Waals surface area (Å²) in [6, 6.07) is 21.0. The minimum absolute atomic E-state index is 0.0570. The zero-order valence-electron chi connectivity index (χ0n) is 19.3. The van der Waals surface area contributed by atoms with E-state index in [0.717, 1.165) is 23.3 Å². The van der Waals surface area contributed by atoms with Crippen molar-refractivity contribution in [3.63, 3.8) is 0 Å². The summed E-state index contributed by atoms with van der Waals surface area (Å²) in [7, 11) is 1.29. The molecule has 0 unspecified atom stereocenters. The van der Waals surface area contributed by atoms with E-state index in [-0.39, 0.29) is 23.3 Å². The predicted octanol–water partition coefficient (Wildman–Crippen LogP) is 5.09. The molecule has 7 heteroatoms. The highest BCUT2D eigenvalue weighted by molar-refractivity contribution is 5.94. The average molecular weight is 469 g/mol. The lowest BCUT2D eigenvalue weighted by atomic mass is 9.81. The lowest BCUT2D eigenvalue weighted by Gasteiger charge is -2.23. The maximum Gasteiger partial charge on any atom is 0.356 e. The summed E-state index contributed by atoms with van der Waals surface area (Å²) in [6.07, 6.45) is 3.58. The number of aromatic nitrogens is 2. The molecule has 1 aliphatic carbocycles. The number of fused-ring (bicyclic) bond motifs is 1. The molecule has 0 N–H and O–H groups in total. The number of benzene rings is 2. The van der Waals surface area contributed by atoms with Gasteiger partial charge in [-0.3, -0.25) is 4.79 Å². The van der Waals surface area contributed by atoms with Crippen LogP contribution in [0.15, 0.2) is 77.3 Å². The summed E-state index contributed by atoms with van der Waals surface area (Å²) >= 11 is 0. The van der Waals surface area contributed by atoms with Gasteiger partial charge in [-0.2, -0.15) is 0 Å². The fraction of sp³-hybridized carbons (Fsp3) is 0.214. The number of hydrogen-bond donors (Lipinski definition) is 0. The molecule has 5 rings (SSSR count). The molecular weight excluding hydrogens is 444 g/mol. The van der Waals surface area contributed by atoms with E-state index in [4.69, 9.17) is 13.9 Å². The molecule has 0 spiro atoms. The van der Waals surface area contributed by atoms with Gasteiger partial charge in [0.1, 0.15) is 23.7 Å². The number of rotatable bonds is 7. The number of pyridine rings is 1. The summed E-state index contributed by atoms with van der Waals surface area (Å²) in [5.41, 5.74) is 4.03. The number of Topliss-reactive ketones (excluding diaryl/α,β-unsaturated/α-hetero) is 1. The van der Waals surface area contributed by atoms with Crippen molar-refractivity contribution < 1.29 is 23.5 Å². The van der Waals surface area contributed by atoms with Crippen molar-refractivity contribution in [2.45, 2.75) is 25.9 Å². The van der Waals surface area contributed by atoms with Crippen LogP contribution >= 0.6 is 0 Å². The summed E-state index contributed by atoms with van der Waals surface area (Å²) in [4.78, 5) is 33.3. The van der Waals surface area contributed by atoms with Gasteiger partial charge in [-0.05, 0) is 60.2 Å². The van der Waals surface area contributed by atoms with Crippen LogP contribution in [-0.2, 0) is 24.2 Å². The molecule has 0 bridgehead atoms. The van der Waals surface area contributed by atoms with Crippen LogP contribution in [0, 0.1) is 5.92 Å². The highest BCUT2D eigenvalue weighted by Crippen LogP contribution is 2.31. The first-order valence-corrected chi connectivity index (χ1v) is 11.4. The van der Waals surface area contributed by atoms with Crippen molar-refractivity contribution >= 4 is 11.8 Å². The molecule has 4 aromatic rings. The third-order valence-electron chi connectivity index (χ3n) is 6.14. The van der Waals surface area contributed by atoms with Gasteiger partial charge in [0.05, 0.1) is 13.3 Å². The first-order chi connectivity index (χ1) is 17.1. The summed E-state index contributed by atoms with van der Waals surface area (Å²) in [5, 5.41) is 0. The Balaban J connectivity index is 1.25. The molecule has 0 fully saturated rings. The number of ether oxygens (including phenoxy) is 2. The number of ketones is 1. The maximum absolute atomic E-state index is 13.1. The van der Waals surface area contributed by atoms with Gasteiger partial charge in [-0.25, -0.2) is 14.8 Å². The molecule has 0 amide bonds. The number of hydrogen-bond acceptors (Lipinski definition) is 7. The Morgan fingerprint density at radius 3 is 2.71 bits per heavy atom. The molecular formula is C28H24N2O5. The number of nitrogens with zero attached hydrogens (tertiary/aromatic N) is 2. The molecule has 2 aromatic heterocycles. The molecule has 2 heterocycles. The molecule has 0 saturated heterocycles. The van der Waals surface area contributed by atoms with E-state index >= 15 is 0 Å². The maximum atomic E-state index is 13.1. The number of aryl methyl sites for hydroxylation is 1. The molecule has 176 valence electrons. The first kappa shape index (κ1) is 22.5. The van der Waals surface area contributed by atoms with Gasteiger partial charge < -0.3 is 13.9 Å². The molecule has 0 aliphatic heterocycles. The summed E-state index contributed by atoms with van der Waals surface area (Å²) < 4.78 is 16.4. The smallest absolute Gasteiger partial charge is 0.356 e. The van der Waals surface area contributed by atoms with Crippen molar-refractivity contribution in [3.05, 3.63) is 101 Å². The Kier molecular flexibility index (Phi) is 6.39. The Hall–Kier alpha value is -4.26. The lowest BCUT2D eigenvalue weighted by molar-refractivity contribution is 0.0594. The monoisotopic (exact) mass is 468 g/mol. The lowest BCUT2D eigenvalue weighted by Crippen LogP contribution is -2.23. The van der Waals surface area contributed by atoms with Crippen molar-refractivity contribution in [2.75, 3.05) is 7.11 Å². The van der Waals surface area contributed by atoms with Crippen LogP contribution < -0.4 is 4.74 Å². The van der Waals surface area contributed by atoms with Crippen molar-refractivity contribution in [1.82, 2.24) is 9.97 Å². The molecule has 0 saturated carbocycles. The third kappa shape index (κ3) is 4.99. The van der Waals surface area contributed by atoms with Crippen LogP contribution in [0.5, 0.6) is 5.75 Å². The van der Waals surface area contributed by atoms with E-state index in [9.17, 15) is 9.59 Å². The predicted molar refractivity (Wildman–Crippen MR) is 128 cm³/mol. The molecule has 1 aliphatic rings. The van der Waals surface area contributed by atoms with E-state index in [2.05, 4.69) is 16.0 Å². The van der Waals surface area contributed by atoms with E-state index < -0.39 is 5.97 Å². The fourth-order valence-corrected chi connectivity index (χ4v) is 4.26. The van der Waals surface area contributed by atoms with Gasteiger partial charge >= 0.3 is 5.97 Å². The van der Waals surface area contributed by atoms with Crippen LogP contribution in [-0.4, -0.2) is 28.8 Å². The normalized spacial score (nSPS) is 14.7. The Labute approximate surface area is 202 Å². The van der Waals surface area contributed by atoms with Crippen LogP contribution in [0.25, 0.3) is 11.5 Å². The minimum Gasteiger partial charge on any atom is -0.489 e. The van der Waals surface area contributed by atoms with E-state index in [1.165, 1.54) is 18.9 Å². The number of oxazole rings is 1. The fourth-order valence-electron chi connectivity index (χ4n) is 4.26. The summed E-state index contributed by atoms with van der Waals surface area (Å²) in [5.74, 6) is 0.334. The van der Waals surface area contributed by atoms with Gasteiger partial charge in [0.15, 0.2) is 5.76 Å². The van der Waals surface area contributed by atoms with Crippen LogP contribution in [0.3, 0.4) is 0 Å². The standard InChI is InChI=1S/C28H24N2O5/c1-33-28(32)24-9-5-8-23(30-24)25-16-29-27(35-25)26(31)21-11-10-20-15-22(13-12-19(20)14-21)34-17-18-6-3-2-4-7-18/h2-9,12-13,15-16,21H,10-11,14,17H2,1H3/t21-/m0/s1. The van der Waals surface area contributed by atoms with Gasteiger partial charge in [0, 0.05) is 5.92 Å². The molecule has 0 radical (unpaired) electrons. The van der Waals surface area contributed by atoms with Gasteiger partial charge in [-0.1, -0.05) is 42.5 Å². The topological polar surface area (TPSA) is 91.5 Å². The quantitative estimate of drug-likeness (QED) is 0.276. The minimum atomic E-state index is -0.544. The number of carbonyl (C=O) groups excluding carboxylic acids is 2. The number of carbonyl (C=O) groups is 2. The van der Waals surface area contributed by atoms with E-state index in [1.807, 2.05) is 42.5 Å². The zero-order valence-corrected chi connectivity index (χ0v) is 19.3. The molecule has 2 aromatic carbocycles. The van der Waals surface area contributed by atoms with Gasteiger partial charge in [-0.15, -0.1) is 0 Å². The van der Waals surface area contributed by atoms with Gasteiger partial charge in [0.2, 0.25) is 5.78 Å². The Morgan fingerprint density at radius 1 is 1.03 bits per heavy atom. The van der Waals surface area contributed by atoms with Crippen LogP contribution in [0.4, 0.5) is 0 Å². The number of esters is 1. The molecule has 35 heavy (non-hydrogen) atoms. The molecule has 1 atom stereocenters. The van der Waals surface area contributed by atoms with Crippen molar-refractivity contribution in [3.8, 4) is 17.2 Å². The van der Waals surface area contributed by atoms with Crippen molar-refractivity contribution in [2.24, 2.45) is 5.92 Å². The number of methoxy groups -OCH3 is 1. The zero-order chi connectivity index (χ0) is 24.2. The second-order valence-electron chi connectivity index (χ2n) is 8.44. The second kappa shape index (κ2) is 9.93. The molecule has 7 nitrogen and oxygen atoms in total. The Morgan fingerprint density at radius 2 is 1.89 bits per heavy atom. The average Bonchev–Trinajstić information content (AvgIpc) is 3.42. The van der Waals surface area contributed by atoms with Gasteiger partial charge in [0.25, 0.3) is 5.89 Å². The van der Waals surface area contributed by atoms with Crippen LogP contribution in [0.2, 0.25) is 0 Å². The SMILES string of the molecule is COC(=O)c1cccc(-c2cnc(C(=O)[C@H]3CCc4cc(OCc5ccccc5)ccc4C3)o2)n1. The summed E-state index contributed by atoms with van der Waals surface area (Å²) in [6.45, 7) is 0.518. The first-order valence-electron chi connectivity index (χ1n) is 11.4. The van der Waals surface area contributed by atoms with E-state index in [0.29, 0.717) is 30.9 Å². The highest BCUT2D eigenvalue weighted by atomic mass is 16.5.